The van der Waals surface area contributed by atoms with Gasteiger partial charge in [0.05, 0.1) is 18.0 Å². The average Bonchev–Trinajstić information content (AvgIpc) is 2.60. The van der Waals surface area contributed by atoms with Gasteiger partial charge in [-0.25, -0.2) is 17.6 Å². The number of hydrogen-bond acceptors (Lipinski definition) is 6. The number of rotatable bonds is 4. The normalized spacial score (nSPS) is 18.6. The third kappa shape index (κ3) is 5.20. The standard InChI is InChI=1S/C18H25FN2O6S/c1-5-26-16(22)15-12-20(17(23)27-18(2,3)4)10-11-21(15)28(24,25)14-8-6-13(19)7-9-14/h6-9,15H,5,10-12H2,1-4H3. The zero-order chi connectivity index (χ0) is 21.1. The highest BCUT2D eigenvalue weighted by Crippen LogP contribution is 2.24. The molecule has 1 amide bonds. The molecule has 28 heavy (non-hydrogen) atoms. The largest absolute Gasteiger partial charge is 0.465 e. The maximum atomic E-state index is 13.2. The summed E-state index contributed by atoms with van der Waals surface area (Å²) in [4.78, 5) is 25.9. The van der Waals surface area contributed by atoms with Crippen LogP contribution in [-0.2, 0) is 24.3 Å². The first kappa shape index (κ1) is 22.1. The van der Waals surface area contributed by atoms with Crippen LogP contribution in [0, 0.1) is 5.82 Å². The van der Waals surface area contributed by atoms with Crippen LogP contribution in [0.25, 0.3) is 0 Å². The molecule has 1 atom stereocenters. The second-order valence-corrected chi connectivity index (χ2v) is 9.15. The van der Waals surface area contributed by atoms with Crippen molar-refractivity contribution in [3.63, 3.8) is 0 Å². The van der Waals surface area contributed by atoms with Crippen LogP contribution in [0.1, 0.15) is 27.7 Å². The number of ether oxygens (including phenoxy) is 2. The van der Waals surface area contributed by atoms with Gasteiger partial charge in [-0.2, -0.15) is 4.31 Å². The summed E-state index contributed by atoms with van der Waals surface area (Å²) in [5, 5.41) is 0. The Morgan fingerprint density at radius 1 is 1.18 bits per heavy atom. The van der Waals surface area contributed by atoms with Gasteiger partial charge in [-0.1, -0.05) is 0 Å². The fourth-order valence-corrected chi connectivity index (χ4v) is 4.28. The molecule has 156 valence electrons. The van der Waals surface area contributed by atoms with E-state index in [1.807, 2.05) is 0 Å². The highest BCUT2D eigenvalue weighted by atomic mass is 32.2. The minimum atomic E-state index is -4.09. The molecule has 1 unspecified atom stereocenters. The lowest BCUT2D eigenvalue weighted by Gasteiger charge is -2.39. The third-order valence-electron chi connectivity index (χ3n) is 3.96. The number of hydrogen-bond donors (Lipinski definition) is 0. The van der Waals surface area contributed by atoms with Gasteiger partial charge in [-0.05, 0) is 52.0 Å². The van der Waals surface area contributed by atoms with E-state index in [4.69, 9.17) is 9.47 Å². The molecule has 1 aliphatic heterocycles. The third-order valence-corrected chi connectivity index (χ3v) is 5.88. The molecule has 10 heteroatoms. The summed E-state index contributed by atoms with van der Waals surface area (Å²) >= 11 is 0. The van der Waals surface area contributed by atoms with E-state index in [1.54, 1.807) is 27.7 Å². The first-order valence-electron chi connectivity index (χ1n) is 8.87. The maximum Gasteiger partial charge on any atom is 0.410 e. The van der Waals surface area contributed by atoms with Crippen molar-refractivity contribution in [2.45, 2.75) is 44.2 Å². The fourth-order valence-electron chi connectivity index (χ4n) is 2.72. The van der Waals surface area contributed by atoms with Crippen molar-refractivity contribution in [1.82, 2.24) is 9.21 Å². The minimum Gasteiger partial charge on any atom is -0.465 e. The van der Waals surface area contributed by atoms with Gasteiger partial charge in [-0.3, -0.25) is 4.79 Å². The van der Waals surface area contributed by atoms with Gasteiger partial charge in [-0.15, -0.1) is 0 Å². The summed E-state index contributed by atoms with van der Waals surface area (Å²) in [6, 6.07) is 3.10. The minimum absolute atomic E-state index is 0.0469. The molecular weight excluding hydrogens is 391 g/mol. The molecule has 1 fully saturated rings. The van der Waals surface area contributed by atoms with Crippen LogP contribution in [0.4, 0.5) is 9.18 Å². The van der Waals surface area contributed by atoms with Crippen LogP contribution < -0.4 is 0 Å². The molecule has 0 aliphatic carbocycles. The molecule has 0 spiro atoms. The van der Waals surface area contributed by atoms with Crippen molar-refractivity contribution in [3.8, 4) is 0 Å². The molecule has 1 saturated heterocycles. The average molecular weight is 416 g/mol. The van der Waals surface area contributed by atoms with Gasteiger partial charge in [0.2, 0.25) is 10.0 Å². The number of piperazine rings is 1. The number of benzene rings is 1. The lowest BCUT2D eigenvalue weighted by Crippen LogP contribution is -2.60. The van der Waals surface area contributed by atoms with Gasteiger partial charge < -0.3 is 14.4 Å². The molecule has 2 rings (SSSR count). The topological polar surface area (TPSA) is 93.2 Å². The lowest BCUT2D eigenvalue weighted by atomic mass is 10.2. The predicted octanol–water partition coefficient (Wildman–Crippen LogP) is 2.00. The Hall–Kier alpha value is -2.20. The van der Waals surface area contributed by atoms with E-state index in [0.29, 0.717) is 0 Å². The van der Waals surface area contributed by atoms with Crippen molar-refractivity contribution >= 4 is 22.1 Å². The van der Waals surface area contributed by atoms with Crippen LogP contribution in [0.5, 0.6) is 0 Å². The Morgan fingerprint density at radius 3 is 2.32 bits per heavy atom. The summed E-state index contributed by atoms with van der Waals surface area (Å²) in [6.45, 7) is 6.52. The van der Waals surface area contributed by atoms with Crippen LogP contribution in [0.2, 0.25) is 0 Å². The van der Waals surface area contributed by atoms with Crippen LogP contribution in [0.15, 0.2) is 29.2 Å². The second-order valence-electron chi connectivity index (χ2n) is 7.26. The Bertz CT molecular complexity index is 819. The lowest BCUT2D eigenvalue weighted by molar-refractivity contribution is -0.149. The van der Waals surface area contributed by atoms with Gasteiger partial charge >= 0.3 is 12.1 Å². The highest BCUT2D eigenvalue weighted by molar-refractivity contribution is 7.89. The summed E-state index contributed by atoms with van der Waals surface area (Å²) in [7, 11) is -4.09. The van der Waals surface area contributed by atoms with E-state index in [-0.39, 0.29) is 31.1 Å². The Balaban J connectivity index is 2.30. The first-order valence-corrected chi connectivity index (χ1v) is 10.3. The molecule has 1 heterocycles. The van der Waals surface area contributed by atoms with Crippen molar-refractivity contribution in [2.24, 2.45) is 0 Å². The van der Waals surface area contributed by atoms with E-state index in [1.165, 1.54) is 4.90 Å². The molecule has 1 aromatic carbocycles. The number of nitrogens with zero attached hydrogens (tertiary/aromatic N) is 2. The Morgan fingerprint density at radius 2 is 1.79 bits per heavy atom. The van der Waals surface area contributed by atoms with Gasteiger partial charge in [0.15, 0.2) is 0 Å². The molecule has 1 aliphatic rings. The van der Waals surface area contributed by atoms with Crippen molar-refractivity contribution < 1.29 is 31.9 Å². The SMILES string of the molecule is CCOC(=O)C1CN(C(=O)OC(C)(C)C)CCN1S(=O)(=O)c1ccc(F)cc1. The molecule has 1 aromatic rings. The Labute approximate surface area is 164 Å². The number of halogens is 1. The maximum absolute atomic E-state index is 13.2. The zero-order valence-electron chi connectivity index (χ0n) is 16.3. The van der Waals surface area contributed by atoms with Crippen molar-refractivity contribution in [1.29, 1.82) is 0 Å². The number of carbonyl (C=O) groups excluding carboxylic acids is 2. The predicted molar refractivity (Wildman–Crippen MR) is 98.5 cm³/mol. The second kappa shape index (κ2) is 8.44. The van der Waals surface area contributed by atoms with Crippen LogP contribution in [0.3, 0.4) is 0 Å². The number of sulfonamides is 1. The van der Waals surface area contributed by atoms with E-state index in [9.17, 15) is 22.4 Å². The molecule has 0 bridgehead atoms. The van der Waals surface area contributed by atoms with Gasteiger partial charge in [0.1, 0.15) is 17.5 Å². The number of esters is 1. The van der Waals surface area contributed by atoms with Crippen LogP contribution >= 0.6 is 0 Å². The van der Waals surface area contributed by atoms with Gasteiger partial charge in [0, 0.05) is 13.1 Å². The van der Waals surface area contributed by atoms with Crippen molar-refractivity contribution in [3.05, 3.63) is 30.1 Å². The fraction of sp³-hybridized carbons (Fsp3) is 0.556. The molecule has 8 nitrogen and oxygen atoms in total. The van der Waals surface area contributed by atoms with Gasteiger partial charge in [0.25, 0.3) is 0 Å². The summed E-state index contributed by atoms with van der Waals surface area (Å²) in [6.07, 6.45) is -0.638. The molecule has 0 radical (unpaired) electrons. The molecule has 0 N–H and O–H groups in total. The quantitative estimate of drug-likeness (QED) is 0.697. The molecule has 0 aromatic heterocycles. The smallest absolute Gasteiger partial charge is 0.410 e. The zero-order valence-corrected chi connectivity index (χ0v) is 17.2. The number of carbonyl (C=O) groups is 2. The van der Waals surface area contributed by atoms with E-state index in [2.05, 4.69) is 0 Å². The monoisotopic (exact) mass is 416 g/mol. The molecular formula is C18H25FN2O6S. The van der Waals surface area contributed by atoms with E-state index >= 15 is 0 Å². The first-order chi connectivity index (χ1) is 13.0. The summed E-state index contributed by atoms with van der Waals surface area (Å²) < 4.78 is 50.4. The van der Waals surface area contributed by atoms with Crippen molar-refractivity contribution in [2.75, 3.05) is 26.2 Å². The van der Waals surface area contributed by atoms with Crippen LogP contribution in [-0.4, -0.2) is 67.6 Å². The Kier molecular flexibility index (Phi) is 6.66. The summed E-state index contributed by atoms with van der Waals surface area (Å²) in [5.41, 5.74) is -0.728. The highest BCUT2D eigenvalue weighted by Gasteiger charge is 2.43. The number of amides is 1. The van der Waals surface area contributed by atoms with E-state index in [0.717, 1.165) is 28.6 Å². The molecule has 0 saturated carbocycles. The summed E-state index contributed by atoms with van der Waals surface area (Å²) in [5.74, 6) is -1.34. The van der Waals surface area contributed by atoms with E-state index < -0.39 is 39.5 Å².